The number of nitrogens with zero attached hydrogens (tertiary/aromatic N) is 1. The lowest BCUT2D eigenvalue weighted by atomic mass is 9.90. The molecule has 2 heterocycles. The Balaban J connectivity index is 1.62. The van der Waals surface area contributed by atoms with Crippen molar-refractivity contribution in [2.75, 3.05) is 6.61 Å². The number of para-hydroxylation sites is 1. The maximum Gasteiger partial charge on any atom is 0.225 e. The smallest absolute Gasteiger partial charge is 0.225 e. The molecule has 2 atom stereocenters. The van der Waals surface area contributed by atoms with Crippen LogP contribution in [-0.4, -0.2) is 24.5 Å². The fraction of sp³-hybridized carbons (Fsp3) is 0.467. The molecule has 5 heteroatoms. The number of nitrogens with one attached hydrogen (secondary N) is 1. The van der Waals surface area contributed by atoms with Gasteiger partial charge >= 0.3 is 0 Å². The van der Waals surface area contributed by atoms with E-state index < -0.39 is 0 Å². The molecule has 0 saturated heterocycles. The van der Waals surface area contributed by atoms with Crippen LogP contribution < -0.4 is 10.1 Å². The number of ether oxygens (including phenoxy) is 1. The summed E-state index contributed by atoms with van der Waals surface area (Å²) in [5, 5.41) is 6.69. The third-order valence-electron chi connectivity index (χ3n) is 3.62. The Bertz CT molecular complexity index is 542. The maximum atomic E-state index is 12.1. The average Bonchev–Trinajstić information content (AvgIpc) is 2.84. The Labute approximate surface area is 117 Å². The standard InChI is InChI=1S/C15H18N2O3/c1-10-8-14(17-20-10)16-15(18)9-11-6-7-19-13-5-3-2-4-12(11)13/h2-5,10-11H,6-9H2,1H3,(H,16,17,18)/t10-,11+/m0/s1. The van der Waals surface area contributed by atoms with E-state index in [9.17, 15) is 4.79 Å². The van der Waals surface area contributed by atoms with Gasteiger partial charge in [0.15, 0.2) is 5.84 Å². The van der Waals surface area contributed by atoms with Crippen molar-refractivity contribution in [3.05, 3.63) is 29.8 Å². The number of hydrogen-bond acceptors (Lipinski definition) is 4. The van der Waals surface area contributed by atoms with Gasteiger partial charge in [0.1, 0.15) is 11.9 Å². The molecule has 106 valence electrons. The topological polar surface area (TPSA) is 59.9 Å². The first-order valence-corrected chi connectivity index (χ1v) is 6.96. The van der Waals surface area contributed by atoms with Crippen molar-refractivity contribution in [2.24, 2.45) is 5.16 Å². The first kappa shape index (κ1) is 13.0. The van der Waals surface area contributed by atoms with Gasteiger partial charge in [-0.15, -0.1) is 0 Å². The molecule has 5 nitrogen and oxygen atoms in total. The molecule has 2 aliphatic heterocycles. The van der Waals surface area contributed by atoms with Crippen LogP contribution >= 0.6 is 0 Å². The second-order valence-electron chi connectivity index (χ2n) is 5.28. The SMILES string of the molecule is C[C@H]1CC(NC(=O)C[C@H]2CCOc3ccccc32)=NO1. The first-order valence-electron chi connectivity index (χ1n) is 6.96. The van der Waals surface area contributed by atoms with E-state index in [1.165, 1.54) is 0 Å². The van der Waals surface area contributed by atoms with Gasteiger partial charge < -0.3 is 14.9 Å². The zero-order valence-corrected chi connectivity index (χ0v) is 11.5. The van der Waals surface area contributed by atoms with E-state index in [1.807, 2.05) is 31.2 Å². The molecule has 1 aromatic rings. The third kappa shape index (κ3) is 2.76. The highest BCUT2D eigenvalue weighted by molar-refractivity contribution is 5.98. The normalized spacial score (nSPS) is 24.1. The van der Waals surface area contributed by atoms with Crippen molar-refractivity contribution in [1.82, 2.24) is 5.32 Å². The van der Waals surface area contributed by atoms with Crippen LogP contribution in [-0.2, 0) is 9.63 Å². The number of oxime groups is 1. The van der Waals surface area contributed by atoms with Crippen LogP contribution in [0, 0.1) is 0 Å². The molecule has 20 heavy (non-hydrogen) atoms. The summed E-state index contributed by atoms with van der Waals surface area (Å²) in [5.41, 5.74) is 1.12. The Morgan fingerprint density at radius 3 is 3.10 bits per heavy atom. The average molecular weight is 274 g/mol. The summed E-state index contributed by atoms with van der Waals surface area (Å²) in [6, 6.07) is 7.92. The molecule has 0 fully saturated rings. The molecule has 1 amide bonds. The number of amides is 1. The molecule has 0 aliphatic carbocycles. The molecule has 1 aromatic carbocycles. The zero-order valence-electron chi connectivity index (χ0n) is 11.5. The number of hydrogen-bond donors (Lipinski definition) is 1. The quantitative estimate of drug-likeness (QED) is 0.899. The molecule has 3 rings (SSSR count). The van der Waals surface area contributed by atoms with Crippen LogP contribution in [0.4, 0.5) is 0 Å². The van der Waals surface area contributed by atoms with Gasteiger partial charge in [-0.05, 0) is 30.9 Å². The Hall–Kier alpha value is -2.04. The van der Waals surface area contributed by atoms with Crippen molar-refractivity contribution in [3.8, 4) is 5.75 Å². The van der Waals surface area contributed by atoms with Gasteiger partial charge in [-0.25, -0.2) is 0 Å². The van der Waals surface area contributed by atoms with E-state index >= 15 is 0 Å². The van der Waals surface area contributed by atoms with Gasteiger partial charge in [0.2, 0.25) is 5.91 Å². The molecule has 0 radical (unpaired) electrons. The third-order valence-corrected chi connectivity index (χ3v) is 3.62. The number of benzene rings is 1. The number of carbonyl (C=O) groups excluding carboxylic acids is 1. The van der Waals surface area contributed by atoms with Crippen LogP contribution in [0.2, 0.25) is 0 Å². The second kappa shape index (κ2) is 5.53. The monoisotopic (exact) mass is 274 g/mol. The van der Waals surface area contributed by atoms with Crippen LogP contribution in [0.15, 0.2) is 29.4 Å². The highest BCUT2D eigenvalue weighted by Gasteiger charge is 2.25. The zero-order chi connectivity index (χ0) is 13.9. The van der Waals surface area contributed by atoms with E-state index in [0.29, 0.717) is 25.3 Å². The fourth-order valence-electron chi connectivity index (χ4n) is 2.64. The van der Waals surface area contributed by atoms with Gasteiger partial charge in [-0.2, -0.15) is 0 Å². The van der Waals surface area contributed by atoms with E-state index in [1.54, 1.807) is 0 Å². The minimum absolute atomic E-state index is 0.0110. The van der Waals surface area contributed by atoms with Crippen molar-refractivity contribution in [3.63, 3.8) is 0 Å². The van der Waals surface area contributed by atoms with Gasteiger partial charge in [0, 0.05) is 12.8 Å². The molecule has 0 aromatic heterocycles. The van der Waals surface area contributed by atoms with Crippen molar-refractivity contribution < 1.29 is 14.4 Å². The molecule has 1 N–H and O–H groups in total. The van der Waals surface area contributed by atoms with Crippen LogP contribution in [0.3, 0.4) is 0 Å². The van der Waals surface area contributed by atoms with Crippen molar-refractivity contribution >= 4 is 11.7 Å². The molecule has 0 unspecified atom stereocenters. The Morgan fingerprint density at radius 1 is 1.45 bits per heavy atom. The van der Waals surface area contributed by atoms with E-state index in [-0.39, 0.29) is 17.9 Å². The summed E-state index contributed by atoms with van der Waals surface area (Å²) in [4.78, 5) is 17.2. The van der Waals surface area contributed by atoms with Gasteiger partial charge in [0.05, 0.1) is 6.61 Å². The Kier molecular flexibility index (Phi) is 3.58. The molecule has 0 spiro atoms. The predicted molar refractivity (Wildman–Crippen MR) is 74.7 cm³/mol. The molecular weight excluding hydrogens is 256 g/mol. The lowest BCUT2D eigenvalue weighted by Crippen LogP contribution is -2.31. The van der Waals surface area contributed by atoms with Crippen LogP contribution in [0.5, 0.6) is 5.75 Å². The minimum Gasteiger partial charge on any atom is -0.493 e. The van der Waals surface area contributed by atoms with Gasteiger partial charge in [0.25, 0.3) is 0 Å². The maximum absolute atomic E-state index is 12.1. The summed E-state index contributed by atoms with van der Waals surface area (Å²) in [6.07, 6.45) is 2.03. The highest BCUT2D eigenvalue weighted by Crippen LogP contribution is 2.35. The van der Waals surface area contributed by atoms with Crippen molar-refractivity contribution in [2.45, 2.75) is 38.2 Å². The number of rotatable bonds is 2. The van der Waals surface area contributed by atoms with E-state index in [4.69, 9.17) is 9.57 Å². The lowest BCUT2D eigenvalue weighted by molar-refractivity contribution is -0.120. The molecule has 2 aliphatic rings. The summed E-state index contributed by atoms with van der Waals surface area (Å²) in [7, 11) is 0. The predicted octanol–water partition coefficient (Wildman–Crippen LogP) is 2.18. The van der Waals surface area contributed by atoms with Gasteiger partial charge in [-0.1, -0.05) is 23.4 Å². The molecule has 0 saturated carbocycles. The summed E-state index contributed by atoms with van der Waals surface area (Å²) in [5.74, 6) is 1.72. The molecule has 0 bridgehead atoms. The summed E-state index contributed by atoms with van der Waals surface area (Å²) in [6.45, 7) is 2.59. The lowest BCUT2D eigenvalue weighted by Gasteiger charge is -2.25. The number of amidine groups is 1. The Morgan fingerprint density at radius 2 is 2.30 bits per heavy atom. The van der Waals surface area contributed by atoms with E-state index in [0.717, 1.165) is 17.7 Å². The summed E-state index contributed by atoms with van der Waals surface area (Å²) < 4.78 is 5.61. The highest BCUT2D eigenvalue weighted by atomic mass is 16.6. The summed E-state index contributed by atoms with van der Waals surface area (Å²) >= 11 is 0. The number of fused-ring (bicyclic) bond motifs is 1. The first-order chi connectivity index (χ1) is 9.72. The minimum atomic E-state index is -0.0110. The van der Waals surface area contributed by atoms with Crippen molar-refractivity contribution in [1.29, 1.82) is 0 Å². The van der Waals surface area contributed by atoms with E-state index in [2.05, 4.69) is 10.5 Å². The van der Waals surface area contributed by atoms with Crippen LogP contribution in [0.25, 0.3) is 0 Å². The van der Waals surface area contributed by atoms with Crippen LogP contribution in [0.1, 0.15) is 37.7 Å². The number of carbonyl (C=O) groups is 1. The fourth-order valence-corrected chi connectivity index (χ4v) is 2.64. The van der Waals surface area contributed by atoms with Gasteiger partial charge in [-0.3, -0.25) is 4.79 Å². The second-order valence-corrected chi connectivity index (χ2v) is 5.28. The molecular formula is C15H18N2O3. The largest absolute Gasteiger partial charge is 0.493 e.